The lowest BCUT2D eigenvalue weighted by Crippen LogP contribution is -2.13. The molecule has 216 valence electrons. The van der Waals surface area contributed by atoms with Crippen molar-refractivity contribution in [1.82, 2.24) is 30.6 Å². The summed E-state index contributed by atoms with van der Waals surface area (Å²) in [5, 5.41) is 13.7. The van der Waals surface area contributed by atoms with Crippen molar-refractivity contribution in [3.05, 3.63) is 78.4 Å². The van der Waals surface area contributed by atoms with Gasteiger partial charge < -0.3 is 14.2 Å². The summed E-state index contributed by atoms with van der Waals surface area (Å²) in [6.45, 7) is 8.14. The molecule has 5 rings (SSSR count). The van der Waals surface area contributed by atoms with E-state index in [1.165, 1.54) is 7.11 Å². The topological polar surface area (TPSA) is 142 Å². The van der Waals surface area contributed by atoms with Gasteiger partial charge in [-0.25, -0.2) is 13.4 Å². The lowest BCUT2D eigenvalue weighted by molar-refractivity contribution is 0.298. The summed E-state index contributed by atoms with van der Waals surface area (Å²) in [5.41, 5.74) is 1.98. The lowest BCUT2D eigenvalue weighted by atomic mass is 9.87. The third-order valence-electron chi connectivity index (χ3n) is 6.38. The summed E-state index contributed by atoms with van der Waals surface area (Å²) in [7, 11) is -2.74. The maximum atomic E-state index is 14.3. The summed E-state index contributed by atoms with van der Waals surface area (Å²) in [5.74, 6) is 0.957. The molecule has 0 aliphatic rings. The zero-order chi connectivity index (χ0) is 29.9. The number of hydrogen-bond donors (Lipinski definition) is 1. The van der Waals surface area contributed by atoms with Crippen LogP contribution in [0.5, 0.6) is 23.1 Å². The molecule has 0 saturated heterocycles. The largest absolute Gasteiger partial charge is 0.493 e. The number of hydrogen-bond acceptors (Lipinski definition) is 10. The van der Waals surface area contributed by atoms with E-state index >= 15 is 0 Å². The van der Waals surface area contributed by atoms with Gasteiger partial charge in [0, 0.05) is 11.1 Å². The Morgan fingerprint density at radius 3 is 2.17 bits per heavy atom. The molecular weight excluding hydrogens is 556 g/mol. The Bertz CT molecular complexity index is 1800. The number of aromatic amines is 1. The molecule has 42 heavy (non-hydrogen) atoms. The van der Waals surface area contributed by atoms with E-state index in [4.69, 9.17) is 14.2 Å². The first-order valence-electron chi connectivity index (χ1n) is 13.2. The molecule has 2 heterocycles. The molecule has 11 nitrogen and oxygen atoms in total. The van der Waals surface area contributed by atoms with E-state index in [0.29, 0.717) is 22.7 Å². The van der Waals surface area contributed by atoms with Crippen LogP contribution in [0.25, 0.3) is 22.8 Å². The van der Waals surface area contributed by atoms with Crippen LogP contribution in [-0.2, 0) is 15.3 Å². The van der Waals surface area contributed by atoms with Crippen molar-refractivity contribution in [1.29, 1.82) is 0 Å². The van der Waals surface area contributed by atoms with Crippen LogP contribution in [0.1, 0.15) is 33.3 Å². The highest BCUT2D eigenvalue weighted by Crippen LogP contribution is 2.42. The van der Waals surface area contributed by atoms with Crippen molar-refractivity contribution in [2.24, 2.45) is 0 Å². The fourth-order valence-electron chi connectivity index (χ4n) is 4.18. The normalized spacial score (nSPS) is 11.7. The fourth-order valence-corrected chi connectivity index (χ4v) is 5.48. The highest BCUT2D eigenvalue weighted by molar-refractivity contribution is 7.91. The fraction of sp³-hybridized carbons (Fsp3) is 0.233. The van der Waals surface area contributed by atoms with Crippen molar-refractivity contribution in [2.45, 2.75) is 43.0 Å². The standard InChI is InChI=1S/C30H30N6O5S/c1-6-40-28-25(41-24-13-8-7-12-23(24)39-5)29(42(37,38)22-16-14-21(15-17-22)30(2,3)4)32-26(31-28)19-10-9-11-20(18-19)27-33-35-36-34-27/h7-18H,6H2,1-5H3,(H,33,34,35,36). The number of benzene rings is 3. The molecule has 0 amide bonds. The maximum Gasteiger partial charge on any atom is 0.262 e. The van der Waals surface area contributed by atoms with Gasteiger partial charge in [-0.2, -0.15) is 10.2 Å². The van der Waals surface area contributed by atoms with E-state index in [-0.39, 0.29) is 45.1 Å². The number of methoxy groups -OCH3 is 1. The monoisotopic (exact) mass is 586 g/mol. The Kier molecular flexibility index (Phi) is 7.90. The zero-order valence-electron chi connectivity index (χ0n) is 23.8. The van der Waals surface area contributed by atoms with E-state index in [9.17, 15) is 8.42 Å². The van der Waals surface area contributed by atoms with Crippen molar-refractivity contribution in [3.63, 3.8) is 0 Å². The number of sulfone groups is 1. The zero-order valence-corrected chi connectivity index (χ0v) is 24.6. The van der Waals surface area contributed by atoms with Crippen molar-refractivity contribution in [3.8, 4) is 45.9 Å². The molecule has 1 N–H and O–H groups in total. The van der Waals surface area contributed by atoms with Crippen molar-refractivity contribution in [2.75, 3.05) is 13.7 Å². The molecule has 0 bridgehead atoms. The van der Waals surface area contributed by atoms with Gasteiger partial charge in [0.1, 0.15) is 0 Å². The number of tetrazole rings is 1. The first kappa shape index (κ1) is 28.7. The molecule has 5 aromatic rings. The van der Waals surface area contributed by atoms with E-state index in [0.717, 1.165) is 5.56 Å². The molecule has 0 spiro atoms. The number of nitrogens with one attached hydrogen (secondary N) is 1. The van der Waals surface area contributed by atoms with Gasteiger partial charge in [0.15, 0.2) is 17.3 Å². The molecular formula is C30H30N6O5S. The highest BCUT2D eigenvalue weighted by atomic mass is 32.2. The molecule has 0 fully saturated rings. The number of aromatic nitrogens is 6. The minimum Gasteiger partial charge on any atom is -0.493 e. The summed E-state index contributed by atoms with van der Waals surface area (Å²) in [6.07, 6.45) is 0. The lowest BCUT2D eigenvalue weighted by Gasteiger charge is -2.20. The van der Waals surface area contributed by atoms with E-state index in [1.807, 2.05) is 0 Å². The second kappa shape index (κ2) is 11.6. The van der Waals surface area contributed by atoms with E-state index < -0.39 is 9.84 Å². The van der Waals surface area contributed by atoms with Gasteiger partial charge in [-0.3, -0.25) is 0 Å². The second-order valence-electron chi connectivity index (χ2n) is 10.3. The van der Waals surface area contributed by atoms with Crippen LogP contribution in [0.4, 0.5) is 0 Å². The van der Waals surface area contributed by atoms with E-state index in [1.54, 1.807) is 79.7 Å². The number of rotatable bonds is 9. The summed E-state index contributed by atoms with van der Waals surface area (Å²) in [4.78, 5) is 9.21. The van der Waals surface area contributed by atoms with Gasteiger partial charge in [-0.05, 0) is 53.4 Å². The van der Waals surface area contributed by atoms with Crippen LogP contribution in [0.2, 0.25) is 0 Å². The quantitative estimate of drug-likeness (QED) is 0.215. The van der Waals surface area contributed by atoms with Crippen LogP contribution < -0.4 is 14.2 Å². The average molecular weight is 587 g/mol. The Balaban J connectivity index is 1.73. The molecule has 0 aliphatic carbocycles. The third-order valence-corrected chi connectivity index (χ3v) is 8.05. The maximum absolute atomic E-state index is 14.3. The van der Waals surface area contributed by atoms with Crippen molar-refractivity contribution >= 4 is 9.84 Å². The summed E-state index contributed by atoms with van der Waals surface area (Å²) in [6, 6.07) is 20.7. The Labute approximate surface area is 243 Å². The van der Waals surface area contributed by atoms with Gasteiger partial charge in [-0.15, -0.1) is 10.2 Å². The molecule has 0 saturated carbocycles. The Morgan fingerprint density at radius 2 is 1.55 bits per heavy atom. The molecule has 3 aromatic carbocycles. The Hall–Kier alpha value is -4.84. The van der Waals surface area contributed by atoms with Crippen LogP contribution in [0.3, 0.4) is 0 Å². The van der Waals surface area contributed by atoms with Crippen LogP contribution in [-0.4, -0.2) is 52.7 Å². The average Bonchev–Trinajstić information content (AvgIpc) is 3.53. The summed E-state index contributed by atoms with van der Waals surface area (Å²) >= 11 is 0. The number of ether oxygens (including phenoxy) is 3. The second-order valence-corrected chi connectivity index (χ2v) is 12.1. The minimum atomic E-state index is -4.23. The predicted octanol–water partition coefficient (Wildman–Crippen LogP) is 5.65. The molecule has 2 aromatic heterocycles. The summed E-state index contributed by atoms with van der Waals surface area (Å²) < 4.78 is 46.0. The van der Waals surface area contributed by atoms with Gasteiger partial charge in [0.2, 0.25) is 26.4 Å². The van der Waals surface area contributed by atoms with Crippen LogP contribution >= 0.6 is 0 Å². The molecule has 0 unspecified atom stereocenters. The van der Waals surface area contributed by atoms with Gasteiger partial charge in [0.05, 0.1) is 18.6 Å². The number of H-pyrrole nitrogens is 1. The Morgan fingerprint density at radius 1 is 0.857 bits per heavy atom. The molecule has 0 atom stereocenters. The van der Waals surface area contributed by atoms with Crippen LogP contribution in [0, 0.1) is 0 Å². The smallest absolute Gasteiger partial charge is 0.262 e. The minimum absolute atomic E-state index is 0.0387. The van der Waals surface area contributed by atoms with Crippen molar-refractivity contribution < 1.29 is 22.6 Å². The highest BCUT2D eigenvalue weighted by Gasteiger charge is 2.31. The molecule has 0 radical (unpaired) electrons. The number of para-hydroxylation sites is 2. The first-order chi connectivity index (χ1) is 20.1. The number of nitrogens with zero attached hydrogens (tertiary/aromatic N) is 5. The third kappa shape index (κ3) is 5.79. The van der Waals surface area contributed by atoms with E-state index in [2.05, 4.69) is 51.4 Å². The SMILES string of the molecule is CCOc1nc(-c2cccc(-c3nn[nH]n3)c2)nc(S(=O)(=O)c2ccc(C(C)(C)C)cc2)c1Oc1ccccc1OC. The molecule has 0 aliphatic heterocycles. The first-order valence-corrected chi connectivity index (χ1v) is 14.7. The van der Waals surface area contributed by atoms with Gasteiger partial charge in [0.25, 0.3) is 5.88 Å². The predicted molar refractivity (Wildman–Crippen MR) is 155 cm³/mol. The van der Waals surface area contributed by atoms with Crippen LogP contribution in [0.15, 0.2) is 82.7 Å². The van der Waals surface area contributed by atoms with Gasteiger partial charge in [-0.1, -0.05) is 63.2 Å². The van der Waals surface area contributed by atoms with Gasteiger partial charge >= 0.3 is 0 Å². The molecule has 12 heteroatoms.